The first-order chi connectivity index (χ1) is 11.7. The Balaban J connectivity index is 2.91. The van der Waals surface area contributed by atoms with E-state index in [0.717, 1.165) is 12.5 Å². The fourth-order valence-electron chi connectivity index (χ4n) is 2.72. The van der Waals surface area contributed by atoms with Crippen LogP contribution in [0.1, 0.15) is 39.5 Å². The van der Waals surface area contributed by atoms with E-state index in [1.165, 1.54) is 38.1 Å². The van der Waals surface area contributed by atoms with Crippen LogP contribution in [-0.4, -0.2) is 12.1 Å². The van der Waals surface area contributed by atoms with Gasteiger partial charge in [-0.25, -0.2) is 0 Å². The van der Waals surface area contributed by atoms with Gasteiger partial charge in [0.05, 0.1) is 23.6 Å². The first-order valence-electron chi connectivity index (χ1n) is 7.25. The molecule has 0 aromatic heterocycles. The van der Waals surface area contributed by atoms with Crippen LogP contribution < -0.4 is 0 Å². The van der Waals surface area contributed by atoms with E-state index in [9.17, 15) is 22.8 Å². The molecule has 0 saturated heterocycles. The van der Waals surface area contributed by atoms with Crippen molar-refractivity contribution in [1.82, 2.24) is 0 Å². The summed E-state index contributed by atoms with van der Waals surface area (Å²) < 4.78 is 40.8. The number of aldehydes is 1. The van der Waals surface area contributed by atoms with Gasteiger partial charge in [-0.05, 0) is 48.7 Å². The molecular formula is C19H13F3NO2. The maximum absolute atomic E-state index is 13.6. The van der Waals surface area contributed by atoms with Crippen molar-refractivity contribution in [1.29, 1.82) is 5.26 Å². The number of carbonyl (C=O) groups is 2. The zero-order valence-electron chi connectivity index (χ0n) is 13.4. The lowest BCUT2D eigenvalue weighted by Crippen LogP contribution is -2.14. The van der Waals surface area contributed by atoms with E-state index in [4.69, 9.17) is 5.26 Å². The molecule has 3 nitrogen and oxygen atoms in total. The van der Waals surface area contributed by atoms with Crippen LogP contribution in [-0.2, 0) is 11.0 Å². The lowest BCUT2D eigenvalue weighted by Gasteiger charge is -2.20. The van der Waals surface area contributed by atoms with Gasteiger partial charge in [-0.15, -0.1) is 0 Å². The smallest absolute Gasteiger partial charge is 0.303 e. The van der Waals surface area contributed by atoms with Gasteiger partial charge in [0.1, 0.15) is 6.29 Å². The molecule has 127 valence electrons. The SMILES string of the molecule is CC(=O)c1c(C)c([CH]C=O)cc(C(F)(F)F)c1-c1ccc(C#N)cc1. The molecule has 0 bridgehead atoms. The van der Waals surface area contributed by atoms with E-state index >= 15 is 0 Å². The van der Waals surface area contributed by atoms with Crippen molar-refractivity contribution >= 4 is 12.1 Å². The summed E-state index contributed by atoms with van der Waals surface area (Å²) in [5.41, 5.74) is -0.516. The molecule has 0 unspecified atom stereocenters. The highest BCUT2D eigenvalue weighted by Gasteiger charge is 2.36. The molecule has 0 spiro atoms. The summed E-state index contributed by atoms with van der Waals surface area (Å²) in [6, 6.07) is 8.28. The molecule has 6 heteroatoms. The molecule has 2 aromatic carbocycles. The van der Waals surface area contributed by atoms with Gasteiger partial charge in [-0.2, -0.15) is 18.4 Å². The number of alkyl halides is 3. The molecule has 0 aliphatic heterocycles. The number of nitriles is 1. The van der Waals surface area contributed by atoms with Crippen LogP contribution in [0.5, 0.6) is 0 Å². The molecule has 25 heavy (non-hydrogen) atoms. The average molecular weight is 344 g/mol. The van der Waals surface area contributed by atoms with Crippen molar-refractivity contribution in [2.45, 2.75) is 20.0 Å². The van der Waals surface area contributed by atoms with Gasteiger partial charge in [-0.1, -0.05) is 12.1 Å². The van der Waals surface area contributed by atoms with Crippen LogP contribution >= 0.6 is 0 Å². The monoisotopic (exact) mass is 344 g/mol. The highest BCUT2D eigenvalue weighted by atomic mass is 19.4. The van der Waals surface area contributed by atoms with E-state index in [-0.39, 0.29) is 22.3 Å². The minimum absolute atomic E-state index is 0.0462. The maximum Gasteiger partial charge on any atom is 0.417 e. The van der Waals surface area contributed by atoms with Gasteiger partial charge < -0.3 is 4.79 Å². The quantitative estimate of drug-likeness (QED) is 0.606. The second-order valence-corrected chi connectivity index (χ2v) is 5.43. The first-order valence-corrected chi connectivity index (χ1v) is 7.25. The molecule has 0 amide bonds. The van der Waals surface area contributed by atoms with Crippen LogP contribution in [0, 0.1) is 24.7 Å². The molecule has 0 atom stereocenters. The minimum atomic E-state index is -4.72. The zero-order valence-corrected chi connectivity index (χ0v) is 13.4. The third-order valence-electron chi connectivity index (χ3n) is 3.83. The van der Waals surface area contributed by atoms with E-state index in [0.29, 0.717) is 17.4 Å². The number of nitrogens with zero attached hydrogens (tertiary/aromatic N) is 1. The summed E-state index contributed by atoms with van der Waals surface area (Å²) in [6.07, 6.45) is -3.33. The van der Waals surface area contributed by atoms with Crippen LogP contribution in [0.4, 0.5) is 13.2 Å². The fraction of sp³-hybridized carbons (Fsp3) is 0.158. The Kier molecular flexibility index (Phi) is 5.07. The standard InChI is InChI=1S/C19H13F3NO2/c1-11-15(7-8-24)9-16(19(20,21)22)18(17(11)12(2)25)14-5-3-13(10-23)4-6-14/h3-9H,1-2H3. The molecule has 1 radical (unpaired) electrons. The Morgan fingerprint density at radius 3 is 2.24 bits per heavy atom. The van der Waals surface area contributed by atoms with Gasteiger partial charge >= 0.3 is 6.18 Å². The summed E-state index contributed by atoms with van der Waals surface area (Å²) >= 11 is 0. The van der Waals surface area contributed by atoms with Gasteiger partial charge in [0.15, 0.2) is 5.78 Å². The highest BCUT2D eigenvalue weighted by molar-refractivity contribution is 6.04. The molecule has 0 N–H and O–H groups in total. The second kappa shape index (κ2) is 6.89. The van der Waals surface area contributed by atoms with Crippen molar-refractivity contribution in [2.75, 3.05) is 0 Å². The van der Waals surface area contributed by atoms with Crippen molar-refractivity contribution in [3.05, 3.63) is 64.6 Å². The van der Waals surface area contributed by atoms with Gasteiger partial charge in [0.2, 0.25) is 0 Å². The van der Waals surface area contributed by atoms with Crippen molar-refractivity contribution < 1.29 is 22.8 Å². The van der Waals surface area contributed by atoms with Crippen LogP contribution in [0.15, 0.2) is 30.3 Å². The van der Waals surface area contributed by atoms with E-state index in [2.05, 4.69) is 0 Å². The highest BCUT2D eigenvalue weighted by Crippen LogP contribution is 2.42. The predicted octanol–water partition coefficient (Wildman–Crippen LogP) is 4.51. The third-order valence-corrected chi connectivity index (χ3v) is 3.83. The number of hydrogen-bond acceptors (Lipinski definition) is 3. The van der Waals surface area contributed by atoms with E-state index in [1.807, 2.05) is 6.07 Å². The number of ketones is 1. The molecule has 0 saturated carbocycles. The number of carbonyl (C=O) groups excluding carboxylic acids is 2. The van der Waals surface area contributed by atoms with Crippen molar-refractivity contribution in [3.63, 3.8) is 0 Å². The van der Waals surface area contributed by atoms with Gasteiger partial charge in [0.25, 0.3) is 0 Å². The van der Waals surface area contributed by atoms with E-state index < -0.39 is 17.5 Å². The van der Waals surface area contributed by atoms with Crippen molar-refractivity contribution in [2.24, 2.45) is 0 Å². The summed E-state index contributed by atoms with van der Waals surface area (Å²) in [6.45, 7) is 2.68. The van der Waals surface area contributed by atoms with Crippen LogP contribution in [0.2, 0.25) is 0 Å². The molecule has 0 aliphatic carbocycles. The van der Waals surface area contributed by atoms with Crippen molar-refractivity contribution in [3.8, 4) is 17.2 Å². The number of rotatable bonds is 4. The Morgan fingerprint density at radius 2 is 1.80 bits per heavy atom. The topological polar surface area (TPSA) is 57.9 Å². The number of halogens is 3. The maximum atomic E-state index is 13.6. The Morgan fingerprint density at radius 1 is 1.20 bits per heavy atom. The fourth-order valence-corrected chi connectivity index (χ4v) is 2.72. The lowest BCUT2D eigenvalue weighted by molar-refractivity contribution is -0.137. The first kappa shape index (κ1) is 18.4. The average Bonchev–Trinajstić information content (AvgIpc) is 2.55. The summed E-state index contributed by atoms with van der Waals surface area (Å²) in [5.74, 6) is -0.538. The summed E-state index contributed by atoms with van der Waals surface area (Å²) in [4.78, 5) is 22.8. The van der Waals surface area contributed by atoms with E-state index in [1.54, 1.807) is 0 Å². The Hall–Kier alpha value is -2.94. The van der Waals surface area contributed by atoms with Gasteiger partial charge in [-0.3, -0.25) is 4.79 Å². The number of benzene rings is 2. The summed E-state index contributed by atoms with van der Waals surface area (Å²) in [5, 5.41) is 8.84. The molecule has 0 fully saturated rings. The molecule has 2 rings (SSSR count). The minimum Gasteiger partial charge on any atom is -0.303 e. The predicted molar refractivity (Wildman–Crippen MR) is 85.8 cm³/mol. The number of hydrogen-bond donors (Lipinski definition) is 0. The summed E-state index contributed by atoms with van der Waals surface area (Å²) in [7, 11) is 0. The molecule has 0 aliphatic rings. The Labute approximate surface area is 142 Å². The van der Waals surface area contributed by atoms with Crippen LogP contribution in [0.25, 0.3) is 11.1 Å². The zero-order chi connectivity index (χ0) is 18.8. The molecule has 0 heterocycles. The van der Waals surface area contributed by atoms with Gasteiger partial charge in [0, 0.05) is 11.1 Å². The largest absolute Gasteiger partial charge is 0.417 e. The normalized spacial score (nSPS) is 11.0. The number of Topliss-reactive ketones (excluding diaryl/α,β-unsaturated/α-hetero) is 1. The molecule has 2 aromatic rings. The second-order valence-electron chi connectivity index (χ2n) is 5.43. The lowest BCUT2D eigenvalue weighted by atomic mass is 9.85. The third kappa shape index (κ3) is 3.61. The molecular weight excluding hydrogens is 331 g/mol. The Bertz CT molecular complexity index is 876. The van der Waals surface area contributed by atoms with Crippen LogP contribution in [0.3, 0.4) is 0 Å².